The van der Waals surface area contributed by atoms with E-state index in [-0.39, 0.29) is 0 Å². The molecule has 0 saturated carbocycles. The molecular formula is C10H7NO3. The van der Waals surface area contributed by atoms with Crippen molar-refractivity contribution in [3.8, 4) is 0 Å². The predicted octanol–water partition coefficient (Wildman–Crippen LogP) is 0.315. The molecule has 0 spiro atoms. The molecule has 0 fully saturated rings. The zero-order chi connectivity index (χ0) is 10.3. The Morgan fingerprint density at radius 1 is 1.36 bits per heavy atom. The van der Waals surface area contributed by atoms with Crippen molar-refractivity contribution in [3.63, 3.8) is 0 Å². The van der Waals surface area contributed by atoms with Gasteiger partial charge in [0.25, 0.3) is 0 Å². The van der Waals surface area contributed by atoms with E-state index in [9.17, 15) is 9.59 Å². The molecule has 1 aliphatic rings. The van der Waals surface area contributed by atoms with E-state index in [2.05, 4.69) is 16.3 Å². The summed E-state index contributed by atoms with van der Waals surface area (Å²) in [5.41, 5.74) is 1.19. The summed E-state index contributed by atoms with van der Waals surface area (Å²) in [6, 6.07) is 3.39. The molecule has 1 aliphatic heterocycles. The maximum Gasteiger partial charge on any atom is 0.442 e. The van der Waals surface area contributed by atoms with E-state index in [1.54, 1.807) is 12.1 Å². The molecule has 1 aromatic carbocycles. The normalized spacial score (nSPS) is 14.4. The average Bonchev–Trinajstić information content (AvgIpc) is 2.07. The molecule has 1 aromatic rings. The molecule has 0 unspecified atom stereocenters. The van der Waals surface area contributed by atoms with Gasteiger partial charge in [-0.2, -0.15) is 4.99 Å². The second kappa shape index (κ2) is 2.77. The van der Waals surface area contributed by atoms with Gasteiger partial charge in [-0.05, 0) is 23.8 Å². The summed E-state index contributed by atoms with van der Waals surface area (Å²) in [4.78, 5) is 25.7. The van der Waals surface area contributed by atoms with Crippen molar-refractivity contribution in [2.24, 2.45) is 4.99 Å². The standard InChI is InChI=1S/C10H7NO3/c1-5-3-6(2)8-7(4-5)9(12)14-10(13)11-8/h3-4H,2H2,1H3. The Hall–Kier alpha value is -1.97. The van der Waals surface area contributed by atoms with Gasteiger partial charge >= 0.3 is 12.1 Å². The SMILES string of the molecule is C=c1cc(C)cc2c1=NC(=O)OC2=O. The molecule has 4 heteroatoms. The first-order valence-electron chi connectivity index (χ1n) is 4.02. The maximum atomic E-state index is 11.3. The summed E-state index contributed by atoms with van der Waals surface area (Å²) in [5.74, 6) is -0.659. The zero-order valence-electron chi connectivity index (χ0n) is 7.53. The Morgan fingerprint density at radius 3 is 2.79 bits per heavy atom. The van der Waals surface area contributed by atoms with E-state index in [1.807, 2.05) is 6.92 Å². The molecule has 0 aromatic heterocycles. The first kappa shape index (κ1) is 8.62. The molecule has 14 heavy (non-hydrogen) atoms. The molecule has 0 atom stereocenters. The number of nitrogens with zero attached hydrogens (tertiary/aromatic N) is 1. The highest BCUT2D eigenvalue weighted by Gasteiger charge is 2.20. The lowest BCUT2D eigenvalue weighted by Gasteiger charge is -2.07. The molecule has 0 radical (unpaired) electrons. The summed E-state index contributed by atoms with van der Waals surface area (Å²) in [7, 11) is 0. The number of benzene rings is 1. The van der Waals surface area contributed by atoms with Crippen LogP contribution in [0.4, 0.5) is 4.79 Å². The summed E-state index contributed by atoms with van der Waals surface area (Å²) in [6.45, 7) is 5.54. The van der Waals surface area contributed by atoms with Gasteiger partial charge in [-0.15, -0.1) is 0 Å². The van der Waals surface area contributed by atoms with Gasteiger partial charge in [-0.25, -0.2) is 9.59 Å². The molecule has 0 N–H and O–H groups in total. The lowest BCUT2D eigenvalue weighted by molar-refractivity contribution is 0.0623. The number of carbonyl (C=O) groups excluding carboxylic acids is 2. The summed E-state index contributed by atoms with van der Waals surface area (Å²) >= 11 is 0. The third kappa shape index (κ3) is 1.21. The second-order valence-electron chi connectivity index (χ2n) is 3.09. The summed E-state index contributed by atoms with van der Waals surface area (Å²) in [5, 5.41) is 0.877. The van der Waals surface area contributed by atoms with Crippen LogP contribution in [-0.4, -0.2) is 12.1 Å². The molecular weight excluding hydrogens is 182 g/mol. The van der Waals surface area contributed by atoms with Gasteiger partial charge in [0.2, 0.25) is 0 Å². The van der Waals surface area contributed by atoms with Gasteiger partial charge in [0.05, 0.1) is 10.9 Å². The predicted molar refractivity (Wildman–Crippen MR) is 48.3 cm³/mol. The van der Waals surface area contributed by atoms with Crippen molar-refractivity contribution in [2.45, 2.75) is 6.92 Å². The summed E-state index contributed by atoms with van der Waals surface area (Å²) in [6.07, 6.45) is -0.878. The molecule has 0 saturated heterocycles. The fourth-order valence-corrected chi connectivity index (χ4v) is 1.39. The van der Waals surface area contributed by atoms with Crippen LogP contribution in [-0.2, 0) is 4.74 Å². The van der Waals surface area contributed by atoms with Crippen molar-refractivity contribution in [1.82, 2.24) is 0 Å². The van der Waals surface area contributed by atoms with E-state index in [1.165, 1.54) is 0 Å². The molecule has 1 heterocycles. The molecule has 2 rings (SSSR count). The number of hydrogen-bond donors (Lipinski definition) is 0. The largest absolute Gasteiger partial charge is 0.442 e. The highest BCUT2D eigenvalue weighted by Crippen LogP contribution is 2.02. The van der Waals surface area contributed by atoms with Gasteiger partial charge < -0.3 is 4.74 Å². The minimum atomic E-state index is -0.878. The van der Waals surface area contributed by atoms with E-state index >= 15 is 0 Å². The Bertz CT molecular complexity index is 545. The van der Waals surface area contributed by atoms with Crippen LogP contribution in [0.5, 0.6) is 0 Å². The molecule has 70 valence electrons. The van der Waals surface area contributed by atoms with Gasteiger partial charge in [0.15, 0.2) is 0 Å². The monoisotopic (exact) mass is 189 g/mol. The average molecular weight is 189 g/mol. The van der Waals surface area contributed by atoms with E-state index in [0.29, 0.717) is 16.1 Å². The minimum Gasteiger partial charge on any atom is -0.371 e. The van der Waals surface area contributed by atoms with Crippen LogP contribution in [0.1, 0.15) is 15.9 Å². The van der Waals surface area contributed by atoms with Gasteiger partial charge in [0.1, 0.15) is 0 Å². The van der Waals surface area contributed by atoms with Crippen molar-refractivity contribution in [1.29, 1.82) is 0 Å². The maximum absolute atomic E-state index is 11.3. The number of rotatable bonds is 0. The van der Waals surface area contributed by atoms with Crippen molar-refractivity contribution >= 4 is 18.6 Å². The van der Waals surface area contributed by atoms with Crippen LogP contribution in [0.2, 0.25) is 0 Å². The Balaban J connectivity index is 2.91. The van der Waals surface area contributed by atoms with Crippen LogP contribution in [0.25, 0.3) is 6.58 Å². The van der Waals surface area contributed by atoms with Crippen LogP contribution < -0.4 is 10.6 Å². The van der Waals surface area contributed by atoms with Gasteiger partial charge in [-0.1, -0.05) is 12.6 Å². The van der Waals surface area contributed by atoms with Crippen molar-refractivity contribution in [2.75, 3.05) is 0 Å². The van der Waals surface area contributed by atoms with E-state index in [0.717, 1.165) is 5.56 Å². The number of amides is 1. The zero-order valence-corrected chi connectivity index (χ0v) is 7.53. The van der Waals surface area contributed by atoms with Crippen LogP contribution in [0.3, 0.4) is 0 Å². The second-order valence-corrected chi connectivity index (χ2v) is 3.09. The Morgan fingerprint density at radius 2 is 2.07 bits per heavy atom. The highest BCUT2D eigenvalue weighted by atomic mass is 16.6. The fraction of sp³-hybridized carbons (Fsp3) is 0.100. The number of cyclic esters (lactones) is 2. The molecule has 4 nitrogen and oxygen atoms in total. The molecule has 0 aliphatic carbocycles. The number of esters is 1. The number of aryl methyl sites for hydroxylation is 1. The highest BCUT2D eigenvalue weighted by molar-refractivity contribution is 5.98. The van der Waals surface area contributed by atoms with Crippen LogP contribution in [0, 0.1) is 6.92 Å². The van der Waals surface area contributed by atoms with Crippen molar-refractivity contribution < 1.29 is 14.3 Å². The fourth-order valence-electron chi connectivity index (χ4n) is 1.39. The number of fused-ring (bicyclic) bond motifs is 1. The first-order valence-corrected chi connectivity index (χ1v) is 4.02. The van der Waals surface area contributed by atoms with E-state index in [4.69, 9.17) is 0 Å². The first-order chi connectivity index (χ1) is 6.58. The van der Waals surface area contributed by atoms with E-state index < -0.39 is 12.1 Å². The van der Waals surface area contributed by atoms with Crippen LogP contribution in [0.15, 0.2) is 17.1 Å². The molecule has 1 amide bonds. The lowest BCUT2D eigenvalue weighted by Crippen LogP contribution is -2.36. The molecule has 0 bridgehead atoms. The third-order valence-corrected chi connectivity index (χ3v) is 1.94. The minimum absolute atomic E-state index is 0.301. The van der Waals surface area contributed by atoms with Gasteiger partial charge in [-0.3, -0.25) is 0 Å². The van der Waals surface area contributed by atoms with Crippen molar-refractivity contribution in [3.05, 3.63) is 33.8 Å². The topological polar surface area (TPSA) is 55.7 Å². The number of ether oxygens (including phenoxy) is 1. The smallest absolute Gasteiger partial charge is 0.371 e. The lowest BCUT2D eigenvalue weighted by atomic mass is 10.1. The Labute approximate surface area is 79.5 Å². The van der Waals surface area contributed by atoms with Crippen LogP contribution >= 0.6 is 0 Å². The number of hydrogen-bond acceptors (Lipinski definition) is 3. The quantitative estimate of drug-likeness (QED) is 0.436. The van der Waals surface area contributed by atoms with Gasteiger partial charge in [0, 0.05) is 0 Å². The Kier molecular flexibility index (Phi) is 1.70. The summed E-state index contributed by atoms with van der Waals surface area (Å²) < 4.78 is 4.35. The number of carbonyl (C=O) groups is 2. The third-order valence-electron chi connectivity index (χ3n) is 1.94.